The summed E-state index contributed by atoms with van der Waals surface area (Å²) >= 11 is 3.25. The molecular formula is C17H16N5O2S2+. The van der Waals surface area contributed by atoms with Crippen LogP contribution in [-0.4, -0.2) is 21.0 Å². The van der Waals surface area contributed by atoms with Gasteiger partial charge in [-0.3, -0.25) is 4.79 Å². The Labute approximate surface area is 157 Å². The molecule has 1 aromatic carbocycles. The normalized spacial score (nSPS) is 18.2. The van der Waals surface area contributed by atoms with E-state index in [1.54, 1.807) is 29.6 Å². The summed E-state index contributed by atoms with van der Waals surface area (Å²) < 4.78 is 0. The fourth-order valence-corrected chi connectivity index (χ4v) is 5.55. The van der Waals surface area contributed by atoms with Gasteiger partial charge in [0.05, 0.1) is 16.2 Å². The van der Waals surface area contributed by atoms with Gasteiger partial charge in [-0.25, -0.2) is 15.4 Å². The smallest absolute Gasteiger partial charge is 0.306 e. The van der Waals surface area contributed by atoms with Gasteiger partial charge in [-0.05, 0) is 43.0 Å². The maximum Gasteiger partial charge on any atom is 0.306 e. The minimum atomic E-state index is -0.710. The van der Waals surface area contributed by atoms with Crippen molar-refractivity contribution in [1.29, 1.82) is 0 Å². The van der Waals surface area contributed by atoms with E-state index >= 15 is 0 Å². The third kappa shape index (κ3) is 2.59. The topological polar surface area (TPSA) is 104 Å². The van der Waals surface area contributed by atoms with E-state index in [1.165, 1.54) is 10.5 Å². The van der Waals surface area contributed by atoms with Gasteiger partial charge in [0.25, 0.3) is 0 Å². The monoisotopic (exact) mass is 386 g/mol. The Morgan fingerprint density at radius 1 is 1.38 bits per heavy atom. The van der Waals surface area contributed by atoms with E-state index in [9.17, 15) is 9.90 Å². The Morgan fingerprint density at radius 3 is 3.19 bits per heavy atom. The van der Waals surface area contributed by atoms with Crippen LogP contribution in [0.4, 0.5) is 17.2 Å². The van der Waals surface area contributed by atoms with Crippen LogP contribution in [0.25, 0.3) is 10.2 Å². The number of thiophene rings is 1. The van der Waals surface area contributed by atoms with Crippen molar-refractivity contribution >= 4 is 56.7 Å². The zero-order valence-electron chi connectivity index (χ0n) is 13.7. The summed E-state index contributed by atoms with van der Waals surface area (Å²) in [5.74, 6) is -0.211. The lowest BCUT2D eigenvalue weighted by molar-refractivity contribution is -0.438. The number of aliphatic carboxylic acids is 1. The number of quaternary nitrogens is 1. The molecule has 3 aromatic rings. The lowest BCUT2D eigenvalue weighted by atomic mass is 9.88. The highest BCUT2D eigenvalue weighted by atomic mass is 32.2. The highest BCUT2D eigenvalue weighted by Crippen LogP contribution is 2.40. The average molecular weight is 386 g/mol. The molecule has 0 saturated heterocycles. The number of rotatable bonds is 3. The maximum absolute atomic E-state index is 11.3. The number of anilines is 3. The van der Waals surface area contributed by atoms with Crippen LogP contribution in [-0.2, 0) is 17.6 Å². The molecule has 0 unspecified atom stereocenters. The zero-order valence-corrected chi connectivity index (χ0v) is 15.3. The summed E-state index contributed by atoms with van der Waals surface area (Å²) in [5, 5.41) is 13.8. The molecular weight excluding hydrogens is 370 g/mol. The average Bonchev–Trinajstić information content (AvgIpc) is 3.25. The first kappa shape index (κ1) is 15.9. The van der Waals surface area contributed by atoms with Crippen molar-refractivity contribution in [2.75, 3.05) is 10.7 Å². The van der Waals surface area contributed by atoms with Crippen LogP contribution in [0.1, 0.15) is 16.9 Å². The van der Waals surface area contributed by atoms with Gasteiger partial charge in [-0.15, -0.1) is 11.3 Å². The Morgan fingerprint density at radius 2 is 2.31 bits per heavy atom. The number of aromatic nitrogens is 2. The maximum atomic E-state index is 11.3. The molecule has 0 saturated carbocycles. The number of hydrogen-bond acceptors (Lipinski definition) is 7. The van der Waals surface area contributed by atoms with Gasteiger partial charge in [0.15, 0.2) is 0 Å². The SMILES string of the molecule is O=C(O)[C@H]1CCc2c(sc3ncnc(Nc4ccc5c(c4)S[NH2+]N5)c23)C1. The number of benzene rings is 1. The molecule has 132 valence electrons. The molecule has 5 N–H and O–H groups in total. The van der Waals surface area contributed by atoms with E-state index < -0.39 is 5.97 Å². The van der Waals surface area contributed by atoms with Crippen LogP contribution in [0.5, 0.6) is 0 Å². The Hall–Kier alpha value is -2.36. The first-order valence-electron chi connectivity index (χ1n) is 8.33. The molecule has 26 heavy (non-hydrogen) atoms. The van der Waals surface area contributed by atoms with Gasteiger partial charge >= 0.3 is 5.97 Å². The van der Waals surface area contributed by atoms with Gasteiger partial charge in [0.2, 0.25) is 0 Å². The van der Waals surface area contributed by atoms with Gasteiger partial charge in [0.1, 0.15) is 34.6 Å². The van der Waals surface area contributed by atoms with E-state index in [0.717, 1.165) is 38.7 Å². The van der Waals surface area contributed by atoms with Crippen molar-refractivity contribution in [2.24, 2.45) is 5.92 Å². The summed E-state index contributed by atoms with van der Waals surface area (Å²) in [6.07, 6.45) is 3.58. The molecule has 3 heterocycles. The molecule has 1 aliphatic carbocycles. The fraction of sp³-hybridized carbons (Fsp3) is 0.235. The summed E-state index contributed by atoms with van der Waals surface area (Å²) in [4.78, 5) is 25.4. The number of aryl methyl sites for hydroxylation is 1. The van der Waals surface area contributed by atoms with E-state index in [0.29, 0.717) is 12.8 Å². The highest BCUT2D eigenvalue weighted by molar-refractivity contribution is 7.93. The van der Waals surface area contributed by atoms with Crippen molar-refractivity contribution in [1.82, 2.24) is 9.97 Å². The summed E-state index contributed by atoms with van der Waals surface area (Å²) in [7, 11) is 0. The molecule has 0 spiro atoms. The number of carboxylic acids is 1. The highest BCUT2D eigenvalue weighted by Gasteiger charge is 2.29. The minimum absolute atomic E-state index is 0.294. The van der Waals surface area contributed by atoms with Gasteiger partial charge in [-0.2, -0.15) is 4.83 Å². The van der Waals surface area contributed by atoms with Crippen LogP contribution in [0.2, 0.25) is 0 Å². The van der Waals surface area contributed by atoms with Crippen molar-refractivity contribution in [3.63, 3.8) is 0 Å². The molecule has 9 heteroatoms. The lowest BCUT2D eigenvalue weighted by Gasteiger charge is -2.18. The standard InChI is InChI=1S/C17H15N5O2S2/c23-17(24)8-1-3-10-12(5-8)25-16-14(10)15(18-7-19-16)20-9-2-4-11-13(6-9)26-22-21-11/h2,4,6-8,21-22H,1,3,5H2,(H,23,24)(H,18,19,20)/p+1/t8-/m0/s1. The first-order valence-corrected chi connectivity index (χ1v) is 10.0. The predicted octanol–water partition coefficient (Wildman–Crippen LogP) is 2.54. The van der Waals surface area contributed by atoms with Crippen LogP contribution >= 0.6 is 23.3 Å². The molecule has 0 amide bonds. The molecule has 2 aromatic heterocycles. The number of hydrogen-bond donors (Lipinski definition) is 4. The van der Waals surface area contributed by atoms with Crippen LogP contribution in [0, 0.1) is 5.92 Å². The molecule has 7 nitrogen and oxygen atoms in total. The molecule has 1 atom stereocenters. The second-order valence-electron chi connectivity index (χ2n) is 6.40. The second-order valence-corrected chi connectivity index (χ2v) is 8.40. The second kappa shape index (κ2) is 6.11. The Kier molecular flexibility index (Phi) is 3.73. The van der Waals surface area contributed by atoms with Gasteiger partial charge in [-0.1, -0.05) is 0 Å². The first-order chi connectivity index (χ1) is 12.7. The Balaban J connectivity index is 1.54. The molecule has 0 radical (unpaired) electrons. The van der Waals surface area contributed by atoms with Crippen LogP contribution < -0.4 is 15.6 Å². The minimum Gasteiger partial charge on any atom is -0.481 e. The number of carboxylic acid groups (broad SMARTS) is 1. The number of nitrogens with zero attached hydrogens (tertiary/aromatic N) is 2. The summed E-state index contributed by atoms with van der Waals surface area (Å²) in [6.45, 7) is 0. The van der Waals surface area contributed by atoms with Crippen LogP contribution in [0.15, 0.2) is 29.4 Å². The number of fused-ring (bicyclic) bond motifs is 4. The molecule has 2 aliphatic rings. The quantitative estimate of drug-likeness (QED) is 0.405. The van der Waals surface area contributed by atoms with E-state index in [4.69, 9.17) is 0 Å². The fourth-order valence-electron chi connectivity index (χ4n) is 3.53. The van der Waals surface area contributed by atoms with E-state index in [-0.39, 0.29) is 5.92 Å². The largest absolute Gasteiger partial charge is 0.481 e. The third-order valence-electron chi connectivity index (χ3n) is 4.84. The van der Waals surface area contributed by atoms with Crippen molar-refractivity contribution < 1.29 is 14.7 Å². The van der Waals surface area contributed by atoms with E-state index in [2.05, 4.69) is 26.8 Å². The number of nitrogens with two attached hydrogens (primary N) is 1. The number of nitrogens with one attached hydrogen (secondary N) is 2. The van der Waals surface area contributed by atoms with Crippen molar-refractivity contribution in [3.8, 4) is 0 Å². The molecule has 0 fully saturated rings. The Bertz CT molecular complexity index is 1040. The van der Waals surface area contributed by atoms with Crippen LogP contribution in [0.3, 0.4) is 0 Å². The van der Waals surface area contributed by atoms with E-state index in [1.807, 2.05) is 17.0 Å². The number of nitrogen functional groups attached to an aromatic ring is 1. The zero-order chi connectivity index (χ0) is 17.7. The molecule has 1 aliphatic heterocycles. The summed E-state index contributed by atoms with van der Waals surface area (Å²) in [6, 6.07) is 6.18. The lowest BCUT2D eigenvalue weighted by Crippen LogP contribution is -2.77. The molecule has 0 bridgehead atoms. The molecule has 5 rings (SSSR count). The predicted molar refractivity (Wildman–Crippen MR) is 102 cm³/mol. The van der Waals surface area contributed by atoms with Crippen molar-refractivity contribution in [2.45, 2.75) is 24.2 Å². The van der Waals surface area contributed by atoms with Gasteiger partial charge in [0, 0.05) is 10.6 Å². The number of carbonyl (C=O) groups is 1. The third-order valence-corrected chi connectivity index (χ3v) is 6.83. The van der Waals surface area contributed by atoms with Gasteiger partial charge < -0.3 is 10.4 Å². The van der Waals surface area contributed by atoms with Crippen molar-refractivity contribution in [3.05, 3.63) is 35.0 Å². The summed E-state index contributed by atoms with van der Waals surface area (Å²) in [5.41, 5.74) is 6.51.